The van der Waals surface area contributed by atoms with Crippen LogP contribution in [-0.4, -0.2) is 69.3 Å². The van der Waals surface area contributed by atoms with E-state index in [0.717, 1.165) is 45.2 Å². The summed E-state index contributed by atoms with van der Waals surface area (Å²) in [5, 5.41) is 5.84. The van der Waals surface area contributed by atoms with Crippen LogP contribution in [0.2, 0.25) is 0 Å². The van der Waals surface area contributed by atoms with Crippen molar-refractivity contribution < 1.29 is 9.53 Å². The van der Waals surface area contributed by atoms with Gasteiger partial charge in [-0.05, 0) is 45.7 Å². The van der Waals surface area contributed by atoms with E-state index >= 15 is 0 Å². The van der Waals surface area contributed by atoms with Crippen molar-refractivity contribution in [2.75, 3.05) is 32.4 Å². The second-order valence-electron chi connectivity index (χ2n) is 8.82. The minimum absolute atomic E-state index is 0.0517. The van der Waals surface area contributed by atoms with Gasteiger partial charge in [-0.1, -0.05) is 36.4 Å². The summed E-state index contributed by atoms with van der Waals surface area (Å²) in [4.78, 5) is 26.4. The zero-order valence-corrected chi connectivity index (χ0v) is 19.6. The molecule has 2 aromatic heterocycles. The third kappa shape index (κ3) is 6.88. The van der Waals surface area contributed by atoms with E-state index in [9.17, 15) is 4.79 Å². The van der Waals surface area contributed by atoms with Crippen molar-refractivity contribution in [3.8, 4) is 0 Å². The number of urea groups is 1. The molecule has 2 atom stereocenters. The van der Waals surface area contributed by atoms with Crippen molar-refractivity contribution in [1.82, 2.24) is 35.1 Å². The molecule has 10 heteroatoms. The molecule has 1 aliphatic heterocycles. The lowest BCUT2D eigenvalue weighted by atomic mass is 10.2. The molecule has 34 heavy (non-hydrogen) atoms. The van der Waals surface area contributed by atoms with Gasteiger partial charge in [0.1, 0.15) is 18.1 Å². The first-order valence-corrected chi connectivity index (χ1v) is 11.9. The molecule has 3 heterocycles. The van der Waals surface area contributed by atoms with E-state index in [1.807, 2.05) is 41.0 Å². The van der Waals surface area contributed by atoms with Gasteiger partial charge in [-0.3, -0.25) is 4.57 Å². The van der Waals surface area contributed by atoms with Crippen molar-refractivity contribution in [3.63, 3.8) is 0 Å². The maximum absolute atomic E-state index is 11.6. The number of aromatic nitrogens is 4. The summed E-state index contributed by atoms with van der Waals surface area (Å²) >= 11 is 0. The van der Waals surface area contributed by atoms with Gasteiger partial charge in [-0.2, -0.15) is 0 Å². The lowest BCUT2D eigenvalue weighted by molar-refractivity contribution is -0.00849. The second kappa shape index (κ2) is 11.8. The molecule has 4 N–H and O–H groups in total. The third-order valence-corrected chi connectivity index (χ3v) is 5.88. The molecule has 10 nitrogen and oxygen atoms in total. The van der Waals surface area contributed by atoms with Crippen molar-refractivity contribution in [2.24, 2.45) is 0 Å². The monoisotopic (exact) mass is 466 g/mol. The molecule has 2 fully saturated rings. The largest absolute Gasteiger partial charge is 0.382 e. The van der Waals surface area contributed by atoms with Crippen molar-refractivity contribution in [3.05, 3.63) is 49.1 Å². The Morgan fingerprint density at radius 2 is 1.85 bits per heavy atom. The van der Waals surface area contributed by atoms with Crippen LogP contribution in [0.3, 0.4) is 0 Å². The predicted molar refractivity (Wildman–Crippen MR) is 131 cm³/mol. The zero-order valence-electron chi connectivity index (χ0n) is 19.6. The topological polar surface area (TPSA) is 123 Å². The van der Waals surface area contributed by atoms with Crippen LogP contribution in [0.25, 0.3) is 11.2 Å². The minimum Gasteiger partial charge on any atom is -0.382 e. The predicted octanol–water partition coefficient (Wildman–Crippen LogP) is 2.56. The van der Waals surface area contributed by atoms with Crippen LogP contribution in [0.1, 0.15) is 38.3 Å². The van der Waals surface area contributed by atoms with E-state index in [2.05, 4.69) is 37.5 Å². The Balaban J connectivity index is 0.000000398. The highest BCUT2D eigenvalue weighted by atomic mass is 16.5. The number of nitrogens with zero attached hydrogens (tertiary/aromatic N) is 5. The van der Waals surface area contributed by atoms with Crippen LogP contribution in [-0.2, 0) is 4.74 Å². The first-order chi connectivity index (χ1) is 16.6. The van der Waals surface area contributed by atoms with E-state index in [4.69, 9.17) is 10.5 Å². The van der Waals surface area contributed by atoms with Crippen molar-refractivity contribution >= 4 is 23.0 Å². The number of ether oxygens (including phenoxy) is 1. The highest BCUT2D eigenvalue weighted by Gasteiger charge is 2.29. The fourth-order valence-electron chi connectivity index (χ4n) is 3.95. The van der Waals surface area contributed by atoms with Gasteiger partial charge >= 0.3 is 6.03 Å². The average molecular weight is 467 g/mol. The summed E-state index contributed by atoms with van der Waals surface area (Å²) < 4.78 is 8.16. The van der Waals surface area contributed by atoms with Gasteiger partial charge in [0.2, 0.25) is 0 Å². The Labute approximate surface area is 199 Å². The number of nitrogens with two attached hydrogens (primary N) is 1. The molecule has 1 aromatic carbocycles. The number of likely N-dealkylation sites (N-methyl/N-ethyl adjacent to an activating group) is 1. The standard InChI is InChI=1S/C18H28N8O2.C6H6/c1-25(8-2-7-20-18(27)24-12-3-4-12)9-13-5-6-14(28-13)26-11-23-15-16(19)21-10-22-17(15)26;1-2-4-6-5-3-1/h10-14H,2-9H2,1H3,(H2,19,21,22)(H2,20,24,27);1-6H. The van der Waals surface area contributed by atoms with Crippen LogP contribution in [0.4, 0.5) is 10.6 Å². The Morgan fingerprint density at radius 1 is 1.12 bits per heavy atom. The summed E-state index contributed by atoms with van der Waals surface area (Å²) in [6, 6.07) is 12.3. The molecular formula is C24H34N8O2. The number of imidazole rings is 1. The number of nitrogen functional groups attached to an aromatic ring is 1. The SMILES string of the molecule is CN(CCCNC(=O)NC1CC1)CC1CCC(n2cnc3c(N)ncnc32)O1.c1ccccc1. The summed E-state index contributed by atoms with van der Waals surface area (Å²) in [5.74, 6) is 0.387. The van der Waals surface area contributed by atoms with Gasteiger partial charge in [0.05, 0.1) is 12.4 Å². The van der Waals surface area contributed by atoms with Crippen LogP contribution in [0.5, 0.6) is 0 Å². The van der Waals surface area contributed by atoms with Gasteiger partial charge in [0.25, 0.3) is 0 Å². The molecule has 3 aromatic rings. The van der Waals surface area contributed by atoms with Crippen LogP contribution >= 0.6 is 0 Å². The Morgan fingerprint density at radius 3 is 2.56 bits per heavy atom. The fourth-order valence-corrected chi connectivity index (χ4v) is 3.95. The summed E-state index contributed by atoms with van der Waals surface area (Å²) in [5.41, 5.74) is 7.19. The lowest BCUT2D eigenvalue weighted by Crippen LogP contribution is -2.38. The van der Waals surface area contributed by atoms with E-state index in [1.54, 1.807) is 6.33 Å². The zero-order chi connectivity index (χ0) is 23.8. The summed E-state index contributed by atoms with van der Waals surface area (Å²) in [6.07, 6.45) is 8.28. The van der Waals surface area contributed by atoms with E-state index < -0.39 is 0 Å². The number of amides is 2. The van der Waals surface area contributed by atoms with E-state index in [1.165, 1.54) is 6.33 Å². The van der Waals surface area contributed by atoms with Crippen LogP contribution in [0, 0.1) is 0 Å². The molecule has 1 aliphatic carbocycles. The summed E-state index contributed by atoms with van der Waals surface area (Å²) in [7, 11) is 2.08. The fraction of sp³-hybridized carbons (Fsp3) is 0.500. The molecule has 0 radical (unpaired) electrons. The number of fused-ring (bicyclic) bond motifs is 1. The van der Waals surface area contributed by atoms with Gasteiger partial charge in [0, 0.05) is 19.1 Å². The normalized spacial score (nSPS) is 19.6. The van der Waals surface area contributed by atoms with Crippen LogP contribution < -0.4 is 16.4 Å². The van der Waals surface area contributed by atoms with E-state index in [-0.39, 0.29) is 18.4 Å². The number of carbonyl (C=O) groups is 1. The quantitative estimate of drug-likeness (QED) is 0.436. The van der Waals surface area contributed by atoms with Gasteiger partial charge < -0.3 is 26.0 Å². The highest BCUT2D eigenvalue weighted by Crippen LogP contribution is 2.31. The first-order valence-electron chi connectivity index (χ1n) is 11.9. The molecule has 5 rings (SSSR count). The lowest BCUT2D eigenvalue weighted by Gasteiger charge is -2.21. The number of nitrogens with one attached hydrogen (secondary N) is 2. The van der Waals surface area contributed by atoms with Crippen molar-refractivity contribution in [1.29, 1.82) is 0 Å². The maximum Gasteiger partial charge on any atom is 0.315 e. The molecule has 2 amide bonds. The van der Waals surface area contributed by atoms with Gasteiger partial charge in [-0.25, -0.2) is 19.7 Å². The van der Waals surface area contributed by atoms with Crippen LogP contribution in [0.15, 0.2) is 49.1 Å². The number of carbonyl (C=O) groups excluding carboxylic acids is 1. The molecular weight excluding hydrogens is 432 g/mol. The number of rotatable bonds is 8. The third-order valence-electron chi connectivity index (χ3n) is 5.88. The Bertz CT molecular complexity index is 1010. The Kier molecular flexibility index (Phi) is 8.26. The minimum atomic E-state index is -0.0783. The van der Waals surface area contributed by atoms with Gasteiger partial charge in [0.15, 0.2) is 11.5 Å². The Hall–Kier alpha value is -3.24. The second-order valence-corrected chi connectivity index (χ2v) is 8.82. The van der Waals surface area contributed by atoms with E-state index in [0.29, 0.717) is 29.6 Å². The first kappa shape index (κ1) is 23.9. The molecule has 1 saturated carbocycles. The molecule has 2 aliphatic rings. The maximum atomic E-state index is 11.6. The van der Waals surface area contributed by atoms with Gasteiger partial charge in [-0.15, -0.1) is 0 Å². The van der Waals surface area contributed by atoms with Crippen molar-refractivity contribution in [2.45, 2.75) is 50.5 Å². The molecule has 0 spiro atoms. The molecule has 0 bridgehead atoms. The number of hydrogen-bond acceptors (Lipinski definition) is 7. The molecule has 182 valence electrons. The highest BCUT2D eigenvalue weighted by molar-refractivity contribution is 5.81. The smallest absolute Gasteiger partial charge is 0.315 e. The molecule has 2 unspecified atom stereocenters. The molecule has 1 saturated heterocycles. The summed E-state index contributed by atoms with van der Waals surface area (Å²) in [6.45, 7) is 2.44. The number of hydrogen-bond donors (Lipinski definition) is 3. The number of benzene rings is 1. The number of anilines is 1. The average Bonchev–Trinajstić information content (AvgIpc) is 3.36.